The van der Waals surface area contributed by atoms with Crippen molar-refractivity contribution in [3.05, 3.63) is 43.3 Å². The SMILES string of the molecule is CC1(C)C(C=C(Cl)Cl)C1C(=O)OCc1c(Br)cccc1Br. The second-order valence-corrected chi connectivity index (χ2v) is 8.31. The molecule has 1 aliphatic carbocycles. The molecule has 0 spiro atoms. The summed E-state index contributed by atoms with van der Waals surface area (Å²) in [6.07, 6.45) is 1.71. The van der Waals surface area contributed by atoms with Gasteiger partial charge < -0.3 is 4.74 Å². The molecular formula is C15H14Br2Cl2O2. The fourth-order valence-electron chi connectivity index (χ4n) is 2.48. The van der Waals surface area contributed by atoms with Crippen LogP contribution in [0.15, 0.2) is 37.7 Å². The fraction of sp³-hybridized carbons (Fsp3) is 0.400. The molecule has 0 aliphatic heterocycles. The molecule has 0 heterocycles. The van der Waals surface area contributed by atoms with Crippen LogP contribution >= 0.6 is 55.1 Å². The highest BCUT2D eigenvalue weighted by Gasteiger charge is 2.61. The minimum absolute atomic E-state index is 0.0256. The fourth-order valence-corrected chi connectivity index (χ4v) is 3.98. The van der Waals surface area contributed by atoms with Crippen LogP contribution in [0.5, 0.6) is 0 Å². The third-order valence-electron chi connectivity index (χ3n) is 3.89. The van der Waals surface area contributed by atoms with Gasteiger partial charge in [-0.3, -0.25) is 4.79 Å². The zero-order chi connectivity index (χ0) is 15.8. The van der Waals surface area contributed by atoms with Gasteiger partial charge in [0.25, 0.3) is 0 Å². The molecule has 0 amide bonds. The summed E-state index contributed by atoms with van der Waals surface area (Å²) in [5, 5.41) is 0. The van der Waals surface area contributed by atoms with Gasteiger partial charge in [-0.15, -0.1) is 0 Å². The first kappa shape index (κ1) is 17.3. The Morgan fingerprint density at radius 3 is 2.43 bits per heavy atom. The molecule has 6 heteroatoms. The van der Waals surface area contributed by atoms with E-state index in [1.807, 2.05) is 32.0 Å². The number of ether oxygens (including phenoxy) is 1. The summed E-state index contributed by atoms with van der Waals surface area (Å²) in [4.78, 5) is 12.2. The van der Waals surface area contributed by atoms with Crippen LogP contribution in [-0.2, 0) is 16.1 Å². The molecule has 0 radical (unpaired) electrons. The lowest BCUT2D eigenvalue weighted by Crippen LogP contribution is -2.11. The van der Waals surface area contributed by atoms with Gasteiger partial charge >= 0.3 is 5.97 Å². The van der Waals surface area contributed by atoms with Crippen LogP contribution in [0.1, 0.15) is 19.4 Å². The molecule has 2 rings (SSSR count). The van der Waals surface area contributed by atoms with Crippen LogP contribution in [0.4, 0.5) is 0 Å². The van der Waals surface area contributed by atoms with Gasteiger partial charge in [0.05, 0.1) is 5.92 Å². The van der Waals surface area contributed by atoms with Crippen molar-refractivity contribution in [2.75, 3.05) is 0 Å². The number of allylic oxidation sites excluding steroid dienone is 1. The van der Waals surface area contributed by atoms with Crippen molar-refractivity contribution >= 4 is 61.0 Å². The van der Waals surface area contributed by atoms with E-state index in [-0.39, 0.29) is 34.3 Å². The Morgan fingerprint density at radius 2 is 1.90 bits per heavy atom. The molecule has 2 unspecified atom stereocenters. The van der Waals surface area contributed by atoms with Gasteiger partial charge in [-0.1, -0.05) is 75.0 Å². The van der Waals surface area contributed by atoms with Crippen molar-refractivity contribution in [1.29, 1.82) is 0 Å². The smallest absolute Gasteiger partial charge is 0.310 e. The highest BCUT2D eigenvalue weighted by Crippen LogP contribution is 2.60. The Labute approximate surface area is 151 Å². The van der Waals surface area contributed by atoms with E-state index in [4.69, 9.17) is 27.9 Å². The molecule has 21 heavy (non-hydrogen) atoms. The van der Waals surface area contributed by atoms with E-state index in [9.17, 15) is 4.79 Å². The van der Waals surface area contributed by atoms with Crippen molar-refractivity contribution < 1.29 is 9.53 Å². The largest absolute Gasteiger partial charge is 0.460 e. The molecule has 0 N–H and O–H groups in total. The molecule has 1 aliphatic rings. The van der Waals surface area contributed by atoms with Crippen molar-refractivity contribution in [3.63, 3.8) is 0 Å². The zero-order valence-corrected chi connectivity index (χ0v) is 16.2. The third kappa shape index (κ3) is 3.84. The summed E-state index contributed by atoms with van der Waals surface area (Å²) >= 11 is 18.3. The van der Waals surface area contributed by atoms with Crippen molar-refractivity contribution in [3.8, 4) is 0 Å². The molecule has 2 nitrogen and oxygen atoms in total. The Bertz CT molecular complexity index is 575. The highest BCUT2D eigenvalue weighted by molar-refractivity contribution is 9.11. The average molecular weight is 457 g/mol. The van der Waals surface area contributed by atoms with Gasteiger partial charge in [0, 0.05) is 14.5 Å². The maximum Gasteiger partial charge on any atom is 0.310 e. The normalized spacial score (nSPS) is 22.6. The van der Waals surface area contributed by atoms with E-state index in [0.717, 1.165) is 14.5 Å². The van der Waals surface area contributed by atoms with E-state index < -0.39 is 0 Å². The molecular weight excluding hydrogens is 443 g/mol. The van der Waals surface area contributed by atoms with Crippen LogP contribution in [0.2, 0.25) is 0 Å². The van der Waals surface area contributed by atoms with E-state index in [0.29, 0.717) is 0 Å². The summed E-state index contributed by atoms with van der Waals surface area (Å²) in [5.74, 6) is -0.401. The molecule has 1 aromatic rings. The lowest BCUT2D eigenvalue weighted by atomic mass is 10.1. The summed E-state index contributed by atoms with van der Waals surface area (Å²) in [7, 11) is 0. The summed E-state index contributed by atoms with van der Waals surface area (Å²) < 4.78 is 7.44. The Balaban J connectivity index is 2.02. The van der Waals surface area contributed by atoms with Crippen LogP contribution in [0.3, 0.4) is 0 Å². The minimum atomic E-state index is -0.224. The lowest BCUT2D eigenvalue weighted by molar-refractivity contribution is -0.147. The summed E-state index contributed by atoms with van der Waals surface area (Å²) in [6, 6.07) is 5.73. The summed E-state index contributed by atoms with van der Waals surface area (Å²) in [5.41, 5.74) is 0.740. The number of hydrogen-bond donors (Lipinski definition) is 0. The number of esters is 1. The molecule has 0 saturated heterocycles. The predicted molar refractivity (Wildman–Crippen MR) is 92.2 cm³/mol. The standard InChI is InChI=1S/C15H14Br2Cl2O2/c1-15(2)9(6-12(18)19)13(15)14(20)21-7-8-10(16)4-3-5-11(8)17/h3-6,9,13H,7H2,1-2H3. The average Bonchev–Trinajstić information content (AvgIpc) is 2.89. The molecule has 1 fully saturated rings. The predicted octanol–water partition coefficient (Wildman–Crippen LogP) is 5.85. The first-order chi connectivity index (χ1) is 9.75. The number of hydrogen-bond acceptors (Lipinski definition) is 2. The van der Waals surface area contributed by atoms with Crippen molar-refractivity contribution in [2.45, 2.75) is 20.5 Å². The first-order valence-electron chi connectivity index (χ1n) is 6.37. The lowest BCUT2D eigenvalue weighted by Gasteiger charge is -2.09. The number of benzene rings is 1. The number of carbonyl (C=O) groups excluding carboxylic acids is 1. The topological polar surface area (TPSA) is 26.3 Å². The molecule has 114 valence electrons. The van der Waals surface area contributed by atoms with Gasteiger partial charge in [-0.2, -0.15) is 0 Å². The molecule has 1 aromatic carbocycles. The van der Waals surface area contributed by atoms with Crippen molar-refractivity contribution in [2.24, 2.45) is 17.3 Å². The zero-order valence-electron chi connectivity index (χ0n) is 11.5. The van der Waals surface area contributed by atoms with Gasteiger partial charge in [0.2, 0.25) is 0 Å². The van der Waals surface area contributed by atoms with Gasteiger partial charge in [0.15, 0.2) is 0 Å². The molecule has 0 aromatic heterocycles. The quantitative estimate of drug-likeness (QED) is 0.531. The van der Waals surface area contributed by atoms with Gasteiger partial charge in [-0.05, 0) is 29.5 Å². The maximum absolute atomic E-state index is 12.2. The molecule has 1 saturated carbocycles. The Morgan fingerprint density at radius 1 is 1.33 bits per heavy atom. The van der Waals surface area contributed by atoms with Crippen LogP contribution < -0.4 is 0 Å². The number of halogens is 4. The van der Waals surface area contributed by atoms with Crippen LogP contribution in [0.25, 0.3) is 0 Å². The van der Waals surface area contributed by atoms with Crippen molar-refractivity contribution in [1.82, 2.24) is 0 Å². The summed E-state index contributed by atoms with van der Waals surface area (Å²) in [6.45, 7) is 4.23. The Hall–Kier alpha value is -0.0300. The second-order valence-electron chi connectivity index (χ2n) is 5.59. The number of carbonyl (C=O) groups is 1. The third-order valence-corrected chi connectivity index (χ3v) is 5.63. The van der Waals surface area contributed by atoms with Gasteiger partial charge in [0.1, 0.15) is 11.1 Å². The highest BCUT2D eigenvalue weighted by atomic mass is 79.9. The molecule has 0 bridgehead atoms. The monoisotopic (exact) mass is 454 g/mol. The maximum atomic E-state index is 12.2. The van der Waals surface area contributed by atoms with E-state index in [1.165, 1.54) is 0 Å². The van der Waals surface area contributed by atoms with Gasteiger partial charge in [-0.25, -0.2) is 0 Å². The number of rotatable bonds is 4. The second kappa shape index (κ2) is 6.61. The Kier molecular flexibility index (Phi) is 5.45. The van der Waals surface area contributed by atoms with E-state index >= 15 is 0 Å². The van der Waals surface area contributed by atoms with Crippen LogP contribution in [-0.4, -0.2) is 5.97 Å². The minimum Gasteiger partial charge on any atom is -0.460 e. The molecule has 2 atom stereocenters. The van der Waals surface area contributed by atoms with E-state index in [1.54, 1.807) is 6.08 Å². The first-order valence-corrected chi connectivity index (χ1v) is 8.71. The van der Waals surface area contributed by atoms with Crippen LogP contribution in [0, 0.1) is 17.3 Å². The van der Waals surface area contributed by atoms with E-state index in [2.05, 4.69) is 31.9 Å².